The molecule has 8 nitrogen and oxygen atoms in total. The number of hydrogen-bond donors (Lipinski definition) is 1. The van der Waals surface area contributed by atoms with E-state index in [9.17, 15) is 13.2 Å². The molecule has 0 saturated heterocycles. The molecule has 9 heteroatoms. The minimum absolute atomic E-state index is 0.0347. The van der Waals surface area contributed by atoms with Crippen LogP contribution in [0, 0.1) is 0 Å². The van der Waals surface area contributed by atoms with Gasteiger partial charge < -0.3 is 9.47 Å². The lowest BCUT2D eigenvalue weighted by molar-refractivity contribution is -0.119. The van der Waals surface area contributed by atoms with Crippen LogP contribution in [0.2, 0.25) is 0 Å². The second-order valence-corrected chi connectivity index (χ2v) is 8.42. The number of rotatable bonds is 9. The van der Waals surface area contributed by atoms with Gasteiger partial charge in [-0.1, -0.05) is 30.3 Å². The number of amides is 1. The molecule has 0 aliphatic rings. The van der Waals surface area contributed by atoms with Gasteiger partial charge in [0.15, 0.2) is 0 Å². The Kier molecular flexibility index (Phi) is 7.45. The van der Waals surface area contributed by atoms with Crippen molar-refractivity contribution in [2.24, 2.45) is 5.10 Å². The number of carbonyl (C=O) groups excluding carboxylic acids is 1. The van der Waals surface area contributed by atoms with Gasteiger partial charge >= 0.3 is 0 Å². The van der Waals surface area contributed by atoms with Crippen molar-refractivity contribution in [1.82, 2.24) is 5.43 Å². The molecule has 0 aromatic heterocycles. The Labute approximate surface area is 187 Å². The van der Waals surface area contributed by atoms with Crippen LogP contribution in [-0.4, -0.2) is 41.3 Å². The number of benzene rings is 3. The Morgan fingerprint density at radius 2 is 1.59 bits per heavy atom. The van der Waals surface area contributed by atoms with Gasteiger partial charge in [0, 0.05) is 5.56 Å². The van der Waals surface area contributed by atoms with Gasteiger partial charge in [0.25, 0.3) is 15.9 Å². The number of nitrogens with zero attached hydrogens (tertiary/aromatic N) is 2. The van der Waals surface area contributed by atoms with Gasteiger partial charge in [-0.15, -0.1) is 0 Å². The molecule has 1 N–H and O–H groups in total. The number of ether oxygens (including phenoxy) is 2. The number of methoxy groups -OCH3 is 2. The summed E-state index contributed by atoms with van der Waals surface area (Å²) in [7, 11) is -0.987. The van der Waals surface area contributed by atoms with Crippen molar-refractivity contribution in [3.05, 3.63) is 84.4 Å². The minimum atomic E-state index is -4.02. The highest BCUT2D eigenvalue weighted by Crippen LogP contribution is 2.24. The van der Waals surface area contributed by atoms with Crippen LogP contribution in [-0.2, 0) is 14.8 Å². The molecule has 0 heterocycles. The lowest BCUT2D eigenvalue weighted by Gasteiger charge is -2.23. The summed E-state index contributed by atoms with van der Waals surface area (Å²) in [6, 6.07) is 21.5. The fourth-order valence-electron chi connectivity index (χ4n) is 2.90. The molecular formula is C23H23N3O5S. The van der Waals surface area contributed by atoms with Crippen LogP contribution >= 0.6 is 0 Å². The number of nitrogens with one attached hydrogen (secondary N) is 1. The highest BCUT2D eigenvalue weighted by Gasteiger charge is 2.27. The molecule has 0 spiro atoms. The summed E-state index contributed by atoms with van der Waals surface area (Å²) in [5, 5.41) is 3.93. The molecule has 0 saturated carbocycles. The number of sulfonamides is 1. The van der Waals surface area contributed by atoms with Gasteiger partial charge in [-0.05, 0) is 48.5 Å². The molecule has 1 amide bonds. The predicted molar refractivity (Wildman–Crippen MR) is 123 cm³/mol. The molecule has 0 bridgehead atoms. The Morgan fingerprint density at radius 1 is 0.938 bits per heavy atom. The highest BCUT2D eigenvalue weighted by atomic mass is 32.2. The second kappa shape index (κ2) is 10.5. The molecular weight excluding hydrogens is 430 g/mol. The fraction of sp³-hybridized carbons (Fsp3) is 0.130. The fourth-order valence-corrected chi connectivity index (χ4v) is 4.32. The first kappa shape index (κ1) is 22.8. The Hall–Kier alpha value is -3.85. The molecule has 0 unspecified atom stereocenters. The molecule has 0 aliphatic heterocycles. The maximum Gasteiger partial charge on any atom is 0.264 e. The maximum absolute atomic E-state index is 13.3. The zero-order chi connectivity index (χ0) is 23.0. The third kappa shape index (κ3) is 5.44. The van der Waals surface area contributed by atoms with E-state index in [4.69, 9.17) is 9.47 Å². The molecule has 166 valence electrons. The van der Waals surface area contributed by atoms with E-state index in [-0.39, 0.29) is 4.90 Å². The topological polar surface area (TPSA) is 97.3 Å². The summed E-state index contributed by atoms with van der Waals surface area (Å²) >= 11 is 0. The smallest absolute Gasteiger partial charge is 0.264 e. The zero-order valence-electron chi connectivity index (χ0n) is 17.6. The van der Waals surface area contributed by atoms with Crippen LogP contribution in [0.15, 0.2) is 88.9 Å². The minimum Gasteiger partial charge on any atom is -0.497 e. The number of hydrogen-bond acceptors (Lipinski definition) is 6. The van der Waals surface area contributed by atoms with Crippen molar-refractivity contribution in [3.8, 4) is 11.5 Å². The van der Waals surface area contributed by atoms with Gasteiger partial charge in [0.05, 0.1) is 31.0 Å². The summed E-state index contributed by atoms with van der Waals surface area (Å²) in [6.45, 7) is -0.457. The van der Waals surface area contributed by atoms with Gasteiger partial charge in [-0.25, -0.2) is 13.8 Å². The first-order chi connectivity index (χ1) is 15.5. The predicted octanol–water partition coefficient (Wildman–Crippen LogP) is 3.05. The lowest BCUT2D eigenvalue weighted by atomic mass is 10.2. The van der Waals surface area contributed by atoms with Crippen LogP contribution in [0.5, 0.6) is 11.5 Å². The van der Waals surface area contributed by atoms with Crippen molar-refractivity contribution >= 4 is 27.8 Å². The first-order valence-corrected chi connectivity index (χ1v) is 11.1. The van der Waals surface area contributed by atoms with E-state index in [2.05, 4.69) is 10.5 Å². The van der Waals surface area contributed by atoms with Crippen LogP contribution in [0.25, 0.3) is 0 Å². The summed E-state index contributed by atoms with van der Waals surface area (Å²) in [5.41, 5.74) is 3.39. The van der Waals surface area contributed by atoms with Crippen LogP contribution < -0.4 is 19.2 Å². The Balaban J connectivity index is 1.82. The zero-order valence-corrected chi connectivity index (χ0v) is 18.5. The second-order valence-electron chi connectivity index (χ2n) is 6.56. The average molecular weight is 454 g/mol. The average Bonchev–Trinajstić information content (AvgIpc) is 2.83. The van der Waals surface area contributed by atoms with E-state index in [1.807, 2.05) is 12.1 Å². The molecule has 0 radical (unpaired) electrons. The van der Waals surface area contributed by atoms with Gasteiger partial charge in [0.2, 0.25) is 0 Å². The first-order valence-electron chi connectivity index (χ1n) is 9.62. The van der Waals surface area contributed by atoms with Crippen LogP contribution in [0.3, 0.4) is 0 Å². The Bertz CT molecular complexity index is 1180. The lowest BCUT2D eigenvalue weighted by Crippen LogP contribution is -2.39. The number of hydrazone groups is 1. The van der Waals surface area contributed by atoms with E-state index < -0.39 is 22.5 Å². The Morgan fingerprint density at radius 3 is 2.25 bits per heavy atom. The van der Waals surface area contributed by atoms with Crippen LogP contribution in [0.4, 0.5) is 5.69 Å². The van der Waals surface area contributed by atoms with E-state index >= 15 is 0 Å². The number of para-hydroxylation sites is 2. The van der Waals surface area contributed by atoms with E-state index in [0.29, 0.717) is 22.7 Å². The monoisotopic (exact) mass is 453 g/mol. The third-order valence-corrected chi connectivity index (χ3v) is 6.30. The summed E-state index contributed by atoms with van der Waals surface area (Å²) in [6.07, 6.45) is 1.43. The molecule has 3 aromatic rings. The molecule has 3 aromatic carbocycles. The third-order valence-electron chi connectivity index (χ3n) is 4.51. The molecule has 3 rings (SSSR count). The number of anilines is 1. The van der Waals surface area contributed by atoms with Crippen molar-refractivity contribution in [3.63, 3.8) is 0 Å². The van der Waals surface area contributed by atoms with Gasteiger partial charge in [-0.2, -0.15) is 5.10 Å². The number of carbonyl (C=O) groups is 1. The molecule has 0 fully saturated rings. The van der Waals surface area contributed by atoms with E-state index in [1.54, 1.807) is 54.6 Å². The van der Waals surface area contributed by atoms with E-state index in [0.717, 1.165) is 4.31 Å². The largest absolute Gasteiger partial charge is 0.497 e. The van der Waals surface area contributed by atoms with Crippen molar-refractivity contribution in [2.45, 2.75) is 4.90 Å². The van der Waals surface area contributed by atoms with E-state index in [1.165, 1.54) is 32.6 Å². The summed E-state index contributed by atoms with van der Waals surface area (Å²) in [4.78, 5) is 12.6. The highest BCUT2D eigenvalue weighted by molar-refractivity contribution is 7.92. The van der Waals surface area contributed by atoms with Crippen molar-refractivity contribution < 1.29 is 22.7 Å². The maximum atomic E-state index is 13.3. The molecule has 32 heavy (non-hydrogen) atoms. The van der Waals surface area contributed by atoms with Gasteiger partial charge in [0.1, 0.15) is 18.0 Å². The standard InChI is InChI=1S/C23H23N3O5S/c1-30-20-12-14-21(15-13-20)32(28,29)26(19-9-4-3-5-10-19)17-23(27)25-24-16-18-8-6-7-11-22(18)31-2/h3-16H,17H2,1-2H3,(H,25,27)/b24-16-. The summed E-state index contributed by atoms with van der Waals surface area (Å²) < 4.78 is 38.0. The van der Waals surface area contributed by atoms with Crippen LogP contribution in [0.1, 0.15) is 5.56 Å². The van der Waals surface area contributed by atoms with Crippen molar-refractivity contribution in [1.29, 1.82) is 0 Å². The van der Waals surface area contributed by atoms with Crippen molar-refractivity contribution in [2.75, 3.05) is 25.1 Å². The normalized spacial score (nSPS) is 11.2. The molecule has 0 atom stereocenters. The SMILES string of the molecule is COc1ccc(S(=O)(=O)N(CC(=O)N/N=C\c2ccccc2OC)c2ccccc2)cc1. The van der Waals surface area contributed by atoms with Gasteiger partial charge in [-0.3, -0.25) is 9.10 Å². The molecule has 0 aliphatic carbocycles. The quantitative estimate of drug-likeness (QED) is 0.397. The summed E-state index contributed by atoms with van der Waals surface area (Å²) in [5.74, 6) is 0.522.